The maximum absolute atomic E-state index is 11.8. The third-order valence-corrected chi connectivity index (χ3v) is 3.67. The molecule has 0 atom stereocenters. The van der Waals surface area contributed by atoms with Gasteiger partial charge in [0.25, 0.3) is 5.91 Å². The molecule has 1 aromatic carbocycles. The minimum absolute atomic E-state index is 0.103. The zero-order valence-electron chi connectivity index (χ0n) is 11.6. The fourth-order valence-corrected chi connectivity index (χ4v) is 2.46. The van der Waals surface area contributed by atoms with Crippen LogP contribution in [-0.2, 0) is 11.2 Å². The van der Waals surface area contributed by atoms with Crippen LogP contribution in [0.25, 0.3) is 6.08 Å². The van der Waals surface area contributed by atoms with E-state index in [-0.39, 0.29) is 11.9 Å². The smallest absolute Gasteiger partial charge is 0.322 e. The van der Waals surface area contributed by atoms with Gasteiger partial charge in [0.15, 0.2) is 0 Å². The molecule has 2 aromatic heterocycles. The van der Waals surface area contributed by atoms with Gasteiger partial charge in [-0.05, 0) is 23.1 Å². The van der Waals surface area contributed by atoms with Crippen molar-refractivity contribution >= 4 is 29.3 Å². The molecule has 0 bridgehead atoms. The lowest BCUT2D eigenvalue weighted by atomic mass is 10.2. The van der Waals surface area contributed by atoms with Gasteiger partial charge >= 0.3 is 6.01 Å². The van der Waals surface area contributed by atoms with E-state index in [9.17, 15) is 4.79 Å². The van der Waals surface area contributed by atoms with Crippen LogP contribution in [0.15, 0.2) is 58.3 Å². The molecule has 0 fully saturated rings. The molecule has 22 heavy (non-hydrogen) atoms. The normalized spacial score (nSPS) is 10.9. The van der Waals surface area contributed by atoms with Crippen molar-refractivity contribution in [2.45, 2.75) is 6.42 Å². The average Bonchev–Trinajstić information content (AvgIpc) is 3.18. The summed E-state index contributed by atoms with van der Waals surface area (Å²) in [6.07, 6.45) is 3.71. The van der Waals surface area contributed by atoms with Crippen molar-refractivity contribution in [1.29, 1.82) is 0 Å². The lowest BCUT2D eigenvalue weighted by Crippen LogP contribution is -2.07. The fourth-order valence-electron chi connectivity index (χ4n) is 1.84. The molecule has 0 aliphatic rings. The van der Waals surface area contributed by atoms with Crippen LogP contribution in [-0.4, -0.2) is 16.1 Å². The van der Waals surface area contributed by atoms with Crippen LogP contribution in [0.1, 0.15) is 16.3 Å². The SMILES string of the molecule is O=C(/C=C/c1cccs1)Nc1nnc(Cc2ccccc2)o1. The number of rotatable bonds is 5. The average molecular weight is 311 g/mol. The molecular weight excluding hydrogens is 298 g/mol. The Labute approximate surface area is 131 Å². The van der Waals surface area contributed by atoms with Crippen molar-refractivity contribution in [3.05, 3.63) is 70.3 Å². The maximum atomic E-state index is 11.8. The van der Waals surface area contributed by atoms with Gasteiger partial charge in [-0.3, -0.25) is 10.1 Å². The van der Waals surface area contributed by atoms with E-state index in [4.69, 9.17) is 4.42 Å². The van der Waals surface area contributed by atoms with Crippen LogP contribution in [0, 0.1) is 0 Å². The van der Waals surface area contributed by atoms with E-state index >= 15 is 0 Å². The molecule has 3 aromatic rings. The monoisotopic (exact) mass is 311 g/mol. The van der Waals surface area contributed by atoms with E-state index in [0.29, 0.717) is 12.3 Å². The summed E-state index contributed by atoms with van der Waals surface area (Å²) in [5.74, 6) is 0.159. The maximum Gasteiger partial charge on any atom is 0.322 e. The minimum Gasteiger partial charge on any atom is -0.407 e. The summed E-state index contributed by atoms with van der Waals surface area (Å²) in [4.78, 5) is 12.8. The number of nitrogens with zero attached hydrogens (tertiary/aromatic N) is 2. The predicted octanol–water partition coefficient (Wildman–Crippen LogP) is 3.37. The van der Waals surface area contributed by atoms with Crippen LogP contribution in [0.3, 0.4) is 0 Å². The Kier molecular flexibility index (Phi) is 4.41. The van der Waals surface area contributed by atoms with Gasteiger partial charge in [0, 0.05) is 11.0 Å². The van der Waals surface area contributed by atoms with E-state index in [1.54, 1.807) is 17.4 Å². The number of thiophene rings is 1. The Morgan fingerprint density at radius 1 is 1.18 bits per heavy atom. The van der Waals surface area contributed by atoms with Crippen molar-refractivity contribution in [2.75, 3.05) is 5.32 Å². The zero-order chi connectivity index (χ0) is 15.2. The number of carbonyl (C=O) groups excluding carboxylic acids is 1. The second kappa shape index (κ2) is 6.82. The highest BCUT2D eigenvalue weighted by Gasteiger charge is 2.08. The van der Waals surface area contributed by atoms with Crippen molar-refractivity contribution < 1.29 is 9.21 Å². The molecule has 0 unspecified atom stereocenters. The Morgan fingerprint density at radius 2 is 2.05 bits per heavy atom. The molecule has 6 heteroatoms. The topological polar surface area (TPSA) is 68.0 Å². The molecular formula is C16H13N3O2S. The second-order valence-corrected chi connectivity index (χ2v) is 5.48. The van der Waals surface area contributed by atoms with Crippen LogP contribution < -0.4 is 5.32 Å². The molecule has 1 N–H and O–H groups in total. The first kappa shape index (κ1) is 14.2. The van der Waals surface area contributed by atoms with E-state index in [0.717, 1.165) is 10.4 Å². The molecule has 110 valence electrons. The number of anilines is 1. The molecule has 1 amide bonds. The first-order chi connectivity index (χ1) is 10.8. The van der Waals surface area contributed by atoms with Gasteiger partial charge in [-0.15, -0.1) is 16.4 Å². The Morgan fingerprint density at radius 3 is 2.82 bits per heavy atom. The molecule has 0 aliphatic heterocycles. The number of benzene rings is 1. The predicted molar refractivity (Wildman–Crippen MR) is 85.5 cm³/mol. The summed E-state index contributed by atoms with van der Waals surface area (Å²) < 4.78 is 5.41. The van der Waals surface area contributed by atoms with Gasteiger partial charge in [-0.1, -0.05) is 41.5 Å². The largest absolute Gasteiger partial charge is 0.407 e. The molecule has 0 spiro atoms. The van der Waals surface area contributed by atoms with Gasteiger partial charge in [0.2, 0.25) is 5.89 Å². The summed E-state index contributed by atoms with van der Waals surface area (Å²) in [5, 5.41) is 12.2. The van der Waals surface area contributed by atoms with Crippen molar-refractivity contribution in [1.82, 2.24) is 10.2 Å². The summed E-state index contributed by atoms with van der Waals surface area (Å²) in [7, 11) is 0. The molecule has 0 saturated carbocycles. The quantitative estimate of drug-likeness (QED) is 0.734. The van der Waals surface area contributed by atoms with Gasteiger partial charge in [0.05, 0.1) is 6.42 Å². The lowest BCUT2D eigenvalue weighted by molar-refractivity contribution is -0.112. The van der Waals surface area contributed by atoms with Crippen LogP contribution >= 0.6 is 11.3 Å². The van der Waals surface area contributed by atoms with Gasteiger partial charge in [-0.2, -0.15) is 0 Å². The van der Waals surface area contributed by atoms with Crippen molar-refractivity contribution in [2.24, 2.45) is 0 Å². The lowest BCUT2D eigenvalue weighted by Gasteiger charge is -1.95. The molecule has 2 heterocycles. The summed E-state index contributed by atoms with van der Waals surface area (Å²) in [6, 6.07) is 13.8. The standard InChI is InChI=1S/C16H13N3O2S/c20-14(9-8-13-7-4-10-22-13)17-16-19-18-15(21-16)11-12-5-2-1-3-6-12/h1-10H,11H2,(H,17,19,20)/b9-8+. The first-order valence-corrected chi connectivity index (χ1v) is 7.56. The number of hydrogen-bond acceptors (Lipinski definition) is 5. The van der Waals surface area contributed by atoms with E-state index in [1.165, 1.54) is 6.08 Å². The van der Waals surface area contributed by atoms with Gasteiger partial charge in [-0.25, -0.2) is 0 Å². The first-order valence-electron chi connectivity index (χ1n) is 6.68. The molecule has 0 aliphatic carbocycles. The number of carbonyl (C=O) groups is 1. The number of hydrogen-bond donors (Lipinski definition) is 1. The zero-order valence-corrected chi connectivity index (χ0v) is 12.4. The molecule has 0 saturated heterocycles. The Bertz CT molecular complexity index is 764. The van der Waals surface area contributed by atoms with E-state index in [2.05, 4.69) is 15.5 Å². The number of aromatic nitrogens is 2. The number of amides is 1. The van der Waals surface area contributed by atoms with Crippen LogP contribution in [0.4, 0.5) is 6.01 Å². The molecule has 5 nitrogen and oxygen atoms in total. The number of nitrogens with one attached hydrogen (secondary N) is 1. The summed E-state index contributed by atoms with van der Waals surface area (Å²) in [5.41, 5.74) is 1.07. The van der Waals surface area contributed by atoms with E-state index < -0.39 is 0 Å². The second-order valence-electron chi connectivity index (χ2n) is 4.50. The van der Waals surface area contributed by atoms with Crippen molar-refractivity contribution in [3.63, 3.8) is 0 Å². The third-order valence-electron chi connectivity index (χ3n) is 2.84. The highest BCUT2D eigenvalue weighted by Crippen LogP contribution is 2.12. The highest BCUT2D eigenvalue weighted by atomic mass is 32.1. The van der Waals surface area contributed by atoms with Gasteiger partial charge < -0.3 is 4.42 Å². The Balaban J connectivity index is 1.58. The van der Waals surface area contributed by atoms with Crippen LogP contribution in [0.5, 0.6) is 0 Å². The van der Waals surface area contributed by atoms with E-state index in [1.807, 2.05) is 47.8 Å². The summed E-state index contributed by atoms with van der Waals surface area (Å²) >= 11 is 1.56. The molecule has 3 rings (SSSR count). The van der Waals surface area contributed by atoms with Gasteiger partial charge in [0.1, 0.15) is 0 Å². The van der Waals surface area contributed by atoms with Crippen LogP contribution in [0.2, 0.25) is 0 Å². The fraction of sp³-hybridized carbons (Fsp3) is 0.0625. The molecule has 0 radical (unpaired) electrons. The Hall–Kier alpha value is -2.73. The highest BCUT2D eigenvalue weighted by molar-refractivity contribution is 7.10. The third kappa shape index (κ3) is 3.89. The summed E-state index contributed by atoms with van der Waals surface area (Å²) in [6.45, 7) is 0. The minimum atomic E-state index is -0.302. The van der Waals surface area contributed by atoms with Crippen molar-refractivity contribution in [3.8, 4) is 0 Å².